The van der Waals surface area contributed by atoms with Crippen molar-refractivity contribution in [3.63, 3.8) is 0 Å². The fraction of sp³-hybridized carbons (Fsp3) is 0. The lowest BCUT2D eigenvalue weighted by Crippen LogP contribution is -2.52. The largest absolute Gasteiger partial charge is 0.156 e. The molecule has 0 aliphatic carbocycles. The van der Waals surface area contributed by atoms with Gasteiger partial charge in [-0.2, -0.15) is 0 Å². The summed E-state index contributed by atoms with van der Waals surface area (Å²) in [6.45, 7) is 0. The van der Waals surface area contributed by atoms with Gasteiger partial charge in [0.25, 0.3) is 0 Å². The Hall–Kier alpha value is -2.68. The van der Waals surface area contributed by atoms with Crippen LogP contribution in [0.3, 0.4) is 0 Å². The predicted octanol–water partition coefficient (Wildman–Crippen LogP) is 4.57. The second-order valence-corrected chi connectivity index (χ2v) is 9.88. The molecule has 5 aromatic rings. The third-order valence-electron chi connectivity index (χ3n) is 4.80. The van der Waals surface area contributed by atoms with Crippen LogP contribution in [-0.4, -0.2) is 8.80 Å². The minimum atomic E-state index is -1.04. The van der Waals surface area contributed by atoms with Crippen LogP contribution in [0.2, 0.25) is 0 Å². The Bertz CT molecular complexity index is 1140. The van der Waals surface area contributed by atoms with Gasteiger partial charge in [0.15, 0.2) is 8.80 Å². The predicted molar refractivity (Wildman–Crippen MR) is 117 cm³/mol. The Labute approximate surface area is 159 Å². The Balaban J connectivity index is 1.82. The molecule has 1 aromatic heterocycles. The molecule has 1 radical (unpaired) electrons. The molecular weight excluding hydrogens is 348 g/mol. The normalized spacial score (nSPS) is 11.4. The standard InChI is InChI=1S/C24H17SSi/c1-3-10-18(11-4-1)26(19-12-5-2-6-13-19)23-17-9-15-21-20-14-7-8-16-22(20)25-24(21)23/h1-17H. The molecule has 0 aliphatic rings. The highest BCUT2D eigenvalue weighted by Crippen LogP contribution is 2.32. The van der Waals surface area contributed by atoms with Crippen LogP contribution in [0.4, 0.5) is 0 Å². The Kier molecular flexibility index (Phi) is 3.93. The van der Waals surface area contributed by atoms with Gasteiger partial charge in [0.2, 0.25) is 0 Å². The summed E-state index contributed by atoms with van der Waals surface area (Å²) in [5.41, 5.74) is 0. The third-order valence-corrected chi connectivity index (χ3v) is 8.98. The van der Waals surface area contributed by atoms with E-state index >= 15 is 0 Å². The first-order chi connectivity index (χ1) is 12.9. The summed E-state index contributed by atoms with van der Waals surface area (Å²) in [5.74, 6) is 0. The van der Waals surface area contributed by atoms with Crippen LogP contribution in [0.1, 0.15) is 0 Å². The van der Waals surface area contributed by atoms with Crippen molar-refractivity contribution in [1.82, 2.24) is 0 Å². The number of benzene rings is 4. The molecule has 0 bridgehead atoms. The Morgan fingerprint density at radius 1 is 0.500 bits per heavy atom. The van der Waals surface area contributed by atoms with Gasteiger partial charge < -0.3 is 0 Å². The maximum atomic E-state index is 2.34. The molecule has 0 saturated heterocycles. The zero-order chi connectivity index (χ0) is 17.3. The molecule has 4 aromatic carbocycles. The topological polar surface area (TPSA) is 0 Å². The van der Waals surface area contributed by atoms with Crippen molar-refractivity contribution < 1.29 is 0 Å². The second kappa shape index (κ2) is 6.56. The number of hydrogen-bond acceptors (Lipinski definition) is 1. The molecule has 1 heterocycles. The molecule has 0 spiro atoms. The third kappa shape index (κ3) is 2.59. The average molecular weight is 366 g/mol. The molecule has 0 fully saturated rings. The van der Waals surface area contributed by atoms with Crippen LogP contribution >= 0.6 is 11.3 Å². The van der Waals surface area contributed by atoms with Gasteiger partial charge in [-0.1, -0.05) is 107 Å². The number of thiophene rings is 1. The van der Waals surface area contributed by atoms with E-state index in [-0.39, 0.29) is 0 Å². The quantitative estimate of drug-likeness (QED) is 0.324. The number of rotatable bonds is 3. The van der Waals surface area contributed by atoms with Crippen molar-refractivity contribution in [1.29, 1.82) is 0 Å². The summed E-state index contributed by atoms with van der Waals surface area (Å²) in [5, 5.41) is 7.13. The number of hydrogen-bond donors (Lipinski definition) is 0. The zero-order valence-corrected chi connectivity index (χ0v) is 16.0. The monoisotopic (exact) mass is 365 g/mol. The summed E-state index contributed by atoms with van der Waals surface area (Å²) in [6, 6.07) is 37.6. The molecule has 123 valence electrons. The van der Waals surface area contributed by atoms with Gasteiger partial charge in [-0.25, -0.2) is 0 Å². The minimum absolute atomic E-state index is 1.04. The van der Waals surface area contributed by atoms with Gasteiger partial charge in [0, 0.05) is 20.2 Å². The first-order valence-electron chi connectivity index (χ1n) is 8.80. The van der Waals surface area contributed by atoms with Crippen molar-refractivity contribution in [3.05, 3.63) is 103 Å². The molecule has 0 N–H and O–H groups in total. The molecule has 0 unspecified atom stereocenters. The second-order valence-electron chi connectivity index (χ2n) is 6.39. The summed E-state index contributed by atoms with van der Waals surface area (Å²) < 4.78 is 2.81. The zero-order valence-electron chi connectivity index (χ0n) is 14.2. The van der Waals surface area contributed by atoms with Gasteiger partial charge in [0.05, 0.1) is 0 Å². The summed E-state index contributed by atoms with van der Waals surface area (Å²) in [6.07, 6.45) is 0. The highest BCUT2D eigenvalue weighted by molar-refractivity contribution is 7.27. The molecule has 0 nitrogen and oxygen atoms in total. The maximum Gasteiger partial charge on any atom is 0.156 e. The first kappa shape index (κ1) is 15.6. The van der Waals surface area contributed by atoms with Gasteiger partial charge in [-0.15, -0.1) is 11.3 Å². The van der Waals surface area contributed by atoms with E-state index < -0.39 is 8.80 Å². The molecule has 2 heteroatoms. The highest BCUT2D eigenvalue weighted by atomic mass is 32.1. The maximum absolute atomic E-state index is 2.34. The van der Waals surface area contributed by atoms with Crippen LogP contribution in [0.5, 0.6) is 0 Å². The minimum Gasteiger partial charge on any atom is -0.135 e. The SMILES string of the molecule is c1ccc([Si](c2ccccc2)c2cccc3c2sc2ccccc23)cc1. The van der Waals surface area contributed by atoms with E-state index in [0.717, 1.165) is 0 Å². The molecule has 0 atom stereocenters. The fourth-order valence-electron chi connectivity index (χ4n) is 3.63. The van der Waals surface area contributed by atoms with Gasteiger partial charge in [-0.05, 0) is 11.3 Å². The molecular formula is C24H17SSi. The lowest BCUT2D eigenvalue weighted by atomic mass is 10.1. The Morgan fingerprint density at radius 3 is 1.77 bits per heavy atom. The van der Waals surface area contributed by atoms with E-state index in [9.17, 15) is 0 Å². The van der Waals surface area contributed by atoms with Crippen molar-refractivity contribution in [2.75, 3.05) is 0 Å². The van der Waals surface area contributed by atoms with Gasteiger partial charge >= 0.3 is 0 Å². The van der Waals surface area contributed by atoms with Crippen molar-refractivity contribution >= 4 is 55.9 Å². The molecule has 0 amide bonds. The Morgan fingerprint density at radius 2 is 1.08 bits per heavy atom. The van der Waals surface area contributed by atoms with Crippen LogP contribution in [-0.2, 0) is 0 Å². The van der Waals surface area contributed by atoms with E-state index in [1.165, 1.54) is 35.7 Å². The molecule has 0 saturated carbocycles. The van der Waals surface area contributed by atoms with E-state index in [4.69, 9.17) is 0 Å². The van der Waals surface area contributed by atoms with E-state index in [1.54, 1.807) is 0 Å². The van der Waals surface area contributed by atoms with Crippen LogP contribution < -0.4 is 15.6 Å². The summed E-state index contributed by atoms with van der Waals surface area (Å²) in [4.78, 5) is 0. The average Bonchev–Trinajstić information content (AvgIpc) is 3.10. The number of fused-ring (bicyclic) bond motifs is 3. The molecule has 0 aliphatic heterocycles. The van der Waals surface area contributed by atoms with Crippen LogP contribution in [0.15, 0.2) is 103 Å². The van der Waals surface area contributed by atoms with Gasteiger partial charge in [-0.3, -0.25) is 0 Å². The van der Waals surface area contributed by atoms with Crippen molar-refractivity contribution in [3.8, 4) is 0 Å². The first-order valence-corrected chi connectivity index (χ1v) is 11.1. The van der Waals surface area contributed by atoms with Crippen LogP contribution in [0, 0.1) is 0 Å². The molecule has 26 heavy (non-hydrogen) atoms. The fourth-order valence-corrected chi connectivity index (χ4v) is 7.84. The van der Waals surface area contributed by atoms with E-state index in [0.29, 0.717) is 0 Å². The summed E-state index contributed by atoms with van der Waals surface area (Å²) in [7, 11) is -1.04. The van der Waals surface area contributed by atoms with Crippen molar-refractivity contribution in [2.24, 2.45) is 0 Å². The van der Waals surface area contributed by atoms with E-state index in [1.807, 2.05) is 11.3 Å². The van der Waals surface area contributed by atoms with Crippen molar-refractivity contribution in [2.45, 2.75) is 0 Å². The smallest absolute Gasteiger partial charge is 0.135 e. The summed E-state index contributed by atoms with van der Waals surface area (Å²) >= 11 is 1.93. The highest BCUT2D eigenvalue weighted by Gasteiger charge is 2.22. The van der Waals surface area contributed by atoms with Gasteiger partial charge in [0.1, 0.15) is 0 Å². The lowest BCUT2D eigenvalue weighted by Gasteiger charge is -2.17. The van der Waals surface area contributed by atoms with E-state index in [2.05, 4.69) is 103 Å². The lowest BCUT2D eigenvalue weighted by molar-refractivity contribution is 1.73. The van der Waals surface area contributed by atoms with Crippen LogP contribution in [0.25, 0.3) is 20.2 Å². The molecule has 5 rings (SSSR count).